The van der Waals surface area contributed by atoms with Gasteiger partial charge in [0.2, 0.25) is 11.8 Å². The van der Waals surface area contributed by atoms with Gasteiger partial charge in [0, 0.05) is 19.1 Å². The molecule has 2 fully saturated rings. The first-order valence-corrected chi connectivity index (χ1v) is 7.68. The van der Waals surface area contributed by atoms with Gasteiger partial charge in [-0.05, 0) is 19.8 Å². The van der Waals surface area contributed by atoms with Crippen LogP contribution in [0.3, 0.4) is 0 Å². The molecular weight excluding hydrogens is 272 g/mol. The molecule has 1 heterocycles. The molecule has 0 radical (unpaired) electrons. The van der Waals surface area contributed by atoms with Crippen LogP contribution >= 0.6 is 0 Å². The molecule has 1 saturated carbocycles. The number of nitrogens with zero attached hydrogens (tertiary/aromatic N) is 1. The second kappa shape index (κ2) is 7.40. The van der Waals surface area contributed by atoms with Gasteiger partial charge in [0.25, 0.3) is 0 Å². The predicted molar refractivity (Wildman–Crippen MR) is 77.6 cm³/mol. The van der Waals surface area contributed by atoms with Crippen molar-refractivity contribution in [3.63, 3.8) is 0 Å². The molecule has 7 heteroatoms. The number of amides is 4. The van der Waals surface area contributed by atoms with E-state index in [1.54, 1.807) is 11.8 Å². The lowest BCUT2D eigenvalue weighted by Gasteiger charge is -2.31. The third-order valence-electron chi connectivity index (χ3n) is 4.17. The van der Waals surface area contributed by atoms with Crippen molar-refractivity contribution in [2.75, 3.05) is 19.6 Å². The Morgan fingerprint density at radius 3 is 2.67 bits per heavy atom. The van der Waals surface area contributed by atoms with Crippen molar-refractivity contribution in [3.05, 3.63) is 0 Å². The molecule has 1 aliphatic heterocycles. The molecule has 1 saturated heterocycles. The Morgan fingerprint density at radius 2 is 2.00 bits per heavy atom. The Morgan fingerprint density at radius 1 is 1.29 bits per heavy atom. The molecule has 7 nitrogen and oxygen atoms in total. The number of hydrogen-bond donors (Lipinski definition) is 3. The van der Waals surface area contributed by atoms with E-state index in [-0.39, 0.29) is 24.4 Å². The van der Waals surface area contributed by atoms with E-state index in [2.05, 4.69) is 16.0 Å². The minimum Gasteiger partial charge on any atom is -0.354 e. The molecule has 118 valence electrons. The first-order chi connectivity index (χ1) is 10.1. The zero-order chi connectivity index (χ0) is 15.2. The molecule has 0 bridgehead atoms. The van der Waals surface area contributed by atoms with Gasteiger partial charge in [0.1, 0.15) is 0 Å². The van der Waals surface area contributed by atoms with Crippen molar-refractivity contribution < 1.29 is 14.4 Å². The largest absolute Gasteiger partial charge is 0.354 e. The first kappa shape index (κ1) is 15.8. The molecule has 2 rings (SSSR count). The zero-order valence-electron chi connectivity index (χ0n) is 12.5. The summed E-state index contributed by atoms with van der Waals surface area (Å²) in [6.07, 6.45) is 5.41. The highest BCUT2D eigenvalue weighted by Crippen LogP contribution is 2.17. The second-order valence-corrected chi connectivity index (χ2v) is 5.79. The van der Waals surface area contributed by atoms with Gasteiger partial charge in [0.05, 0.1) is 12.6 Å². The van der Waals surface area contributed by atoms with E-state index in [4.69, 9.17) is 0 Å². The lowest BCUT2D eigenvalue weighted by Crippen LogP contribution is -2.56. The van der Waals surface area contributed by atoms with E-state index < -0.39 is 12.1 Å². The van der Waals surface area contributed by atoms with Crippen LogP contribution in [0.4, 0.5) is 4.79 Å². The van der Waals surface area contributed by atoms with Crippen LogP contribution in [0.5, 0.6) is 0 Å². The smallest absolute Gasteiger partial charge is 0.321 e. The van der Waals surface area contributed by atoms with E-state index in [1.807, 2.05) is 0 Å². The van der Waals surface area contributed by atoms with E-state index >= 15 is 0 Å². The molecule has 2 aliphatic rings. The number of carbonyl (C=O) groups excluding carboxylic acids is 3. The molecule has 0 aromatic carbocycles. The number of carbonyl (C=O) groups is 3. The van der Waals surface area contributed by atoms with Gasteiger partial charge >= 0.3 is 6.03 Å². The summed E-state index contributed by atoms with van der Waals surface area (Å²) in [5.41, 5.74) is 0. The van der Waals surface area contributed by atoms with Crippen LogP contribution in [0.25, 0.3) is 0 Å². The Labute approximate surface area is 124 Å². The van der Waals surface area contributed by atoms with E-state index in [1.165, 1.54) is 6.42 Å². The molecule has 0 aromatic heterocycles. The molecule has 0 spiro atoms. The number of imide groups is 1. The molecular formula is C14H24N4O3. The standard InChI is InChI=1S/C14H24N4O3/c1-10(18-8-7-15-12(19)9-18)13(20)17-14(21)16-11-5-3-2-4-6-11/h10-11H,2-9H2,1H3,(H,15,19)(H2,16,17,20,21)/t10-/m1/s1. The van der Waals surface area contributed by atoms with Gasteiger partial charge in [-0.3, -0.25) is 19.8 Å². The quantitative estimate of drug-likeness (QED) is 0.682. The molecule has 0 unspecified atom stereocenters. The topological polar surface area (TPSA) is 90.5 Å². The molecule has 21 heavy (non-hydrogen) atoms. The van der Waals surface area contributed by atoms with Crippen LogP contribution in [-0.4, -0.2) is 54.5 Å². The maximum absolute atomic E-state index is 12.1. The maximum Gasteiger partial charge on any atom is 0.321 e. The van der Waals surface area contributed by atoms with Gasteiger partial charge < -0.3 is 10.6 Å². The Hall–Kier alpha value is -1.63. The van der Waals surface area contributed by atoms with Gasteiger partial charge in [-0.2, -0.15) is 0 Å². The number of urea groups is 1. The predicted octanol–water partition coefficient (Wildman–Crippen LogP) is -0.0348. The van der Waals surface area contributed by atoms with Crippen molar-refractivity contribution >= 4 is 17.8 Å². The zero-order valence-corrected chi connectivity index (χ0v) is 12.5. The third kappa shape index (κ3) is 4.70. The van der Waals surface area contributed by atoms with Crippen molar-refractivity contribution in [1.29, 1.82) is 0 Å². The minimum atomic E-state index is -0.492. The van der Waals surface area contributed by atoms with Crippen molar-refractivity contribution in [2.45, 2.75) is 51.1 Å². The highest BCUT2D eigenvalue weighted by molar-refractivity contribution is 5.97. The minimum absolute atomic E-state index is 0.0902. The van der Waals surface area contributed by atoms with E-state index in [0.29, 0.717) is 13.1 Å². The number of nitrogens with one attached hydrogen (secondary N) is 3. The monoisotopic (exact) mass is 296 g/mol. The molecule has 4 amide bonds. The van der Waals surface area contributed by atoms with Gasteiger partial charge in [-0.15, -0.1) is 0 Å². The summed E-state index contributed by atoms with van der Waals surface area (Å²) >= 11 is 0. The molecule has 1 aliphatic carbocycles. The maximum atomic E-state index is 12.1. The van der Waals surface area contributed by atoms with Gasteiger partial charge in [-0.25, -0.2) is 4.79 Å². The fourth-order valence-electron chi connectivity index (χ4n) is 2.84. The third-order valence-corrected chi connectivity index (χ3v) is 4.17. The first-order valence-electron chi connectivity index (χ1n) is 7.68. The van der Waals surface area contributed by atoms with E-state index in [0.717, 1.165) is 25.7 Å². The fourth-order valence-corrected chi connectivity index (χ4v) is 2.84. The summed E-state index contributed by atoms with van der Waals surface area (Å²) in [6, 6.07) is -0.754. The summed E-state index contributed by atoms with van der Waals surface area (Å²) in [4.78, 5) is 37.0. The van der Waals surface area contributed by atoms with Gasteiger partial charge in [-0.1, -0.05) is 19.3 Å². The lowest BCUT2D eigenvalue weighted by atomic mass is 9.96. The summed E-state index contributed by atoms with van der Waals surface area (Å²) < 4.78 is 0. The molecule has 1 atom stereocenters. The van der Waals surface area contributed by atoms with Crippen LogP contribution in [0.2, 0.25) is 0 Å². The summed E-state index contributed by atoms with van der Waals surface area (Å²) in [5, 5.41) is 7.93. The SMILES string of the molecule is C[C@H](C(=O)NC(=O)NC1CCCCC1)N1CCNC(=O)C1. The van der Waals surface area contributed by atoms with Crippen LogP contribution in [-0.2, 0) is 9.59 Å². The Bertz CT molecular complexity index is 407. The van der Waals surface area contributed by atoms with Crippen LogP contribution < -0.4 is 16.0 Å². The Balaban J connectivity index is 1.76. The fraction of sp³-hybridized carbons (Fsp3) is 0.786. The van der Waals surface area contributed by atoms with Gasteiger partial charge in [0.15, 0.2) is 0 Å². The highest BCUT2D eigenvalue weighted by atomic mass is 16.2. The van der Waals surface area contributed by atoms with Crippen LogP contribution in [0, 0.1) is 0 Å². The highest BCUT2D eigenvalue weighted by Gasteiger charge is 2.27. The number of piperazine rings is 1. The Kier molecular flexibility index (Phi) is 5.55. The molecule has 0 aromatic rings. The summed E-state index contributed by atoms with van der Waals surface area (Å²) in [6.45, 7) is 3.05. The normalized spacial score (nSPS) is 22.2. The number of hydrogen-bond acceptors (Lipinski definition) is 4. The molecule has 3 N–H and O–H groups in total. The average molecular weight is 296 g/mol. The van der Waals surface area contributed by atoms with Crippen molar-refractivity contribution in [1.82, 2.24) is 20.9 Å². The van der Waals surface area contributed by atoms with Crippen LogP contribution in [0.15, 0.2) is 0 Å². The number of rotatable bonds is 3. The summed E-state index contributed by atoms with van der Waals surface area (Å²) in [5.74, 6) is -0.453. The lowest BCUT2D eigenvalue weighted by molar-refractivity contribution is -0.129. The summed E-state index contributed by atoms with van der Waals surface area (Å²) in [7, 11) is 0. The van der Waals surface area contributed by atoms with Crippen molar-refractivity contribution in [3.8, 4) is 0 Å². The van der Waals surface area contributed by atoms with E-state index in [9.17, 15) is 14.4 Å². The van der Waals surface area contributed by atoms with Crippen molar-refractivity contribution in [2.24, 2.45) is 0 Å². The average Bonchev–Trinajstić information content (AvgIpc) is 2.47. The second-order valence-electron chi connectivity index (χ2n) is 5.79. The van der Waals surface area contributed by atoms with Crippen LogP contribution in [0.1, 0.15) is 39.0 Å².